The van der Waals surface area contributed by atoms with Crippen LogP contribution in [0.15, 0.2) is 43.0 Å². The largest absolute Gasteiger partial charge is 0.455 e. The average Bonchev–Trinajstić information content (AvgIpc) is 2.37. The Morgan fingerprint density at radius 1 is 1.41 bits per heavy atom. The minimum absolute atomic E-state index is 0.456. The number of unbranched alkanes of at least 4 members (excludes halogenated alkanes) is 1. The molecule has 0 fully saturated rings. The van der Waals surface area contributed by atoms with E-state index in [1.54, 1.807) is 0 Å². The third kappa shape index (κ3) is 5.20. The molecule has 1 aromatic rings. The van der Waals surface area contributed by atoms with Gasteiger partial charge in [-0.15, -0.1) is 0 Å². The van der Waals surface area contributed by atoms with Crippen LogP contribution in [0.25, 0.3) is 0 Å². The van der Waals surface area contributed by atoms with Gasteiger partial charge in [0.25, 0.3) is 0 Å². The van der Waals surface area contributed by atoms with E-state index < -0.39 is 12.3 Å². The number of rotatable bonds is 7. The van der Waals surface area contributed by atoms with Crippen molar-refractivity contribution in [3.8, 4) is 5.75 Å². The average molecular weight is 234 g/mol. The zero-order chi connectivity index (χ0) is 12.5. The van der Waals surface area contributed by atoms with Crippen molar-refractivity contribution in [2.75, 3.05) is 0 Å². The fourth-order valence-electron chi connectivity index (χ4n) is 1.34. The third-order valence-corrected chi connectivity index (χ3v) is 2.22. The Labute approximate surface area is 102 Å². The number of esters is 1. The predicted octanol–water partition coefficient (Wildman–Crippen LogP) is 3.31. The maximum Gasteiger partial charge on any atom is 0.333 e. The van der Waals surface area contributed by atoms with Crippen LogP contribution in [0.1, 0.15) is 26.2 Å². The van der Waals surface area contributed by atoms with Crippen LogP contribution in [0.4, 0.5) is 0 Å². The Balaban J connectivity index is 2.56. The summed E-state index contributed by atoms with van der Waals surface area (Å²) in [6, 6.07) is 9.33. The van der Waals surface area contributed by atoms with Crippen LogP contribution < -0.4 is 4.74 Å². The Morgan fingerprint density at radius 2 is 2.12 bits per heavy atom. The minimum atomic E-state index is -0.539. The van der Waals surface area contributed by atoms with Gasteiger partial charge in [0.05, 0.1) is 0 Å². The first-order chi connectivity index (χ1) is 8.26. The summed E-state index contributed by atoms with van der Waals surface area (Å²) in [7, 11) is 0. The van der Waals surface area contributed by atoms with E-state index in [1.165, 1.54) is 0 Å². The van der Waals surface area contributed by atoms with Crippen LogP contribution >= 0.6 is 0 Å². The molecule has 1 atom stereocenters. The molecule has 3 nitrogen and oxygen atoms in total. The predicted molar refractivity (Wildman–Crippen MR) is 66.7 cm³/mol. The first-order valence-corrected chi connectivity index (χ1v) is 5.81. The molecule has 0 saturated heterocycles. The van der Waals surface area contributed by atoms with Gasteiger partial charge in [0.15, 0.2) is 0 Å². The van der Waals surface area contributed by atoms with Gasteiger partial charge in [-0.05, 0) is 18.6 Å². The fraction of sp³-hybridized carbons (Fsp3) is 0.357. The second-order valence-electron chi connectivity index (χ2n) is 3.64. The summed E-state index contributed by atoms with van der Waals surface area (Å²) >= 11 is 0. The molecule has 0 aliphatic rings. The smallest absolute Gasteiger partial charge is 0.333 e. The molecule has 1 rings (SSSR count). The molecule has 17 heavy (non-hydrogen) atoms. The molecular formula is C14H18O3. The second-order valence-corrected chi connectivity index (χ2v) is 3.64. The van der Waals surface area contributed by atoms with Crippen molar-refractivity contribution in [1.29, 1.82) is 0 Å². The zero-order valence-corrected chi connectivity index (χ0v) is 10.1. The van der Waals surface area contributed by atoms with Gasteiger partial charge in [0.1, 0.15) is 5.75 Å². The molecule has 0 radical (unpaired) electrons. The van der Waals surface area contributed by atoms with Gasteiger partial charge in [-0.25, -0.2) is 4.79 Å². The Hall–Kier alpha value is -1.77. The molecule has 0 bridgehead atoms. The van der Waals surface area contributed by atoms with Gasteiger partial charge in [-0.1, -0.05) is 38.1 Å². The first kappa shape index (κ1) is 13.3. The van der Waals surface area contributed by atoms with Gasteiger partial charge in [-0.2, -0.15) is 0 Å². The first-order valence-electron chi connectivity index (χ1n) is 5.81. The highest BCUT2D eigenvalue weighted by molar-refractivity contribution is 5.81. The Morgan fingerprint density at radius 3 is 2.71 bits per heavy atom. The topological polar surface area (TPSA) is 35.5 Å². The van der Waals surface area contributed by atoms with Crippen molar-refractivity contribution >= 4 is 5.97 Å². The quantitative estimate of drug-likeness (QED) is 0.412. The van der Waals surface area contributed by atoms with Gasteiger partial charge in [-0.3, -0.25) is 0 Å². The molecule has 0 heterocycles. The van der Waals surface area contributed by atoms with Crippen LogP contribution in [-0.2, 0) is 9.53 Å². The zero-order valence-electron chi connectivity index (χ0n) is 10.1. The van der Waals surface area contributed by atoms with E-state index in [9.17, 15) is 4.79 Å². The number of para-hydroxylation sites is 1. The lowest BCUT2D eigenvalue weighted by atomic mass is 10.2. The highest BCUT2D eigenvalue weighted by atomic mass is 16.7. The van der Waals surface area contributed by atoms with Crippen molar-refractivity contribution in [3.63, 3.8) is 0 Å². The SMILES string of the molecule is C=CC(=O)OC(CCCC)Oc1ccccc1. The molecule has 0 spiro atoms. The van der Waals surface area contributed by atoms with Crippen LogP contribution in [0, 0.1) is 0 Å². The molecule has 0 N–H and O–H groups in total. The molecule has 0 aromatic heterocycles. The van der Waals surface area contributed by atoms with Gasteiger partial charge in [0, 0.05) is 12.5 Å². The summed E-state index contributed by atoms with van der Waals surface area (Å²) in [6.45, 7) is 5.45. The van der Waals surface area contributed by atoms with E-state index in [0.29, 0.717) is 12.2 Å². The fourth-order valence-corrected chi connectivity index (χ4v) is 1.34. The highest BCUT2D eigenvalue weighted by Gasteiger charge is 2.13. The van der Waals surface area contributed by atoms with Crippen LogP contribution in [-0.4, -0.2) is 12.3 Å². The summed E-state index contributed by atoms with van der Waals surface area (Å²) in [5, 5.41) is 0. The number of ether oxygens (including phenoxy) is 2. The van der Waals surface area contributed by atoms with Crippen LogP contribution in [0.3, 0.4) is 0 Å². The Kier molecular flexibility index (Phi) is 5.86. The van der Waals surface area contributed by atoms with Gasteiger partial charge in [0.2, 0.25) is 6.29 Å². The van der Waals surface area contributed by atoms with E-state index in [1.807, 2.05) is 30.3 Å². The highest BCUT2D eigenvalue weighted by Crippen LogP contribution is 2.15. The van der Waals surface area contributed by atoms with Crippen LogP contribution in [0.5, 0.6) is 5.75 Å². The number of carbonyl (C=O) groups is 1. The van der Waals surface area contributed by atoms with Crippen molar-refractivity contribution in [2.24, 2.45) is 0 Å². The van der Waals surface area contributed by atoms with E-state index in [4.69, 9.17) is 9.47 Å². The lowest BCUT2D eigenvalue weighted by Gasteiger charge is -2.18. The van der Waals surface area contributed by atoms with Crippen molar-refractivity contribution in [3.05, 3.63) is 43.0 Å². The number of hydrogen-bond acceptors (Lipinski definition) is 3. The Bertz CT molecular complexity index is 346. The lowest BCUT2D eigenvalue weighted by Crippen LogP contribution is -2.23. The molecule has 1 aromatic carbocycles. The van der Waals surface area contributed by atoms with Crippen LogP contribution in [0.2, 0.25) is 0 Å². The number of hydrogen-bond donors (Lipinski definition) is 0. The number of carbonyl (C=O) groups excluding carboxylic acids is 1. The summed E-state index contributed by atoms with van der Waals surface area (Å²) < 4.78 is 10.7. The van der Waals surface area contributed by atoms with E-state index in [0.717, 1.165) is 18.9 Å². The maximum atomic E-state index is 11.2. The molecule has 0 aliphatic heterocycles. The minimum Gasteiger partial charge on any atom is -0.455 e. The van der Waals surface area contributed by atoms with Crippen molar-refractivity contribution < 1.29 is 14.3 Å². The normalized spacial score (nSPS) is 11.6. The molecule has 3 heteroatoms. The van der Waals surface area contributed by atoms with Gasteiger partial charge >= 0.3 is 5.97 Å². The summed E-state index contributed by atoms with van der Waals surface area (Å²) in [5.74, 6) is 0.243. The van der Waals surface area contributed by atoms with Crippen molar-refractivity contribution in [1.82, 2.24) is 0 Å². The number of benzene rings is 1. The second kappa shape index (κ2) is 7.49. The van der Waals surface area contributed by atoms with E-state index in [2.05, 4.69) is 13.5 Å². The standard InChI is InChI=1S/C14H18O3/c1-3-5-11-14(17-13(15)4-2)16-12-9-7-6-8-10-12/h4,6-10,14H,2-3,5,11H2,1H3. The summed E-state index contributed by atoms with van der Waals surface area (Å²) in [5.41, 5.74) is 0. The van der Waals surface area contributed by atoms with E-state index >= 15 is 0 Å². The molecule has 92 valence electrons. The molecule has 0 aliphatic carbocycles. The summed E-state index contributed by atoms with van der Waals surface area (Å²) in [6.07, 6.45) is 3.27. The maximum absolute atomic E-state index is 11.2. The van der Waals surface area contributed by atoms with Gasteiger partial charge < -0.3 is 9.47 Å². The molecule has 1 unspecified atom stereocenters. The van der Waals surface area contributed by atoms with E-state index in [-0.39, 0.29) is 0 Å². The lowest BCUT2D eigenvalue weighted by molar-refractivity contribution is -0.158. The monoisotopic (exact) mass is 234 g/mol. The third-order valence-electron chi connectivity index (χ3n) is 2.22. The molecular weight excluding hydrogens is 216 g/mol. The molecule has 0 amide bonds. The van der Waals surface area contributed by atoms with Crippen molar-refractivity contribution in [2.45, 2.75) is 32.5 Å². The molecule has 0 saturated carbocycles. The summed E-state index contributed by atoms with van der Waals surface area (Å²) in [4.78, 5) is 11.2.